The molecule has 1 atom stereocenters. The lowest BCUT2D eigenvalue weighted by atomic mass is 9.95. The van der Waals surface area contributed by atoms with Crippen LogP contribution in [0.5, 0.6) is 0 Å². The number of hydrogen-bond donors (Lipinski definition) is 1. The van der Waals surface area contributed by atoms with Gasteiger partial charge in [-0.3, -0.25) is 9.59 Å². The number of aliphatic carboxylic acids is 1. The number of hydrogen-bond acceptors (Lipinski definition) is 2. The van der Waals surface area contributed by atoms with E-state index < -0.39 is 23.5 Å². The van der Waals surface area contributed by atoms with Gasteiger partial charge in [-0.05, 0) is 24.6 Å². The third-order valence-electron chi connectivity index (χ3n) is 2.23. The third-order valence-corrected chi connectivity index (χ3v) is 2.52. The van der Waals surface area contributed by atoms with Gasteiger partial charge in [0.1, 0.15) is 11.7 Å². The van der Waals surface area contributed by atoms with E-state index in [1.807, 2.05) is 0 Å². The lowest BCUT2D eigenvalue weighted by molar-refractivity contribution is -0.140. The Bertz CT molecular complexity index is 431. The van der Waals surface area contributed by atoms with Crippen LogP contribution in [0.4, 0.5) is 4.39 Å². The van der Waals surface area contributed by atoms with Gasteiger partial charge in [0.25, 0.3) is 0 Å². The van der Waals surface area contributed by atoms with Gasteiger partial charge in [-0.2, -0.15) is 0 Å². The summed E-state index contributed by atoms with van der Waals surface area (Å²) in [6, 6.07) is 3.42. The van der Waals surface area contributed by atoms with E-state index in [2.05, 4.69) is 0 Å². The molecule has 0 amide bonds. The molecule has 1 N–H and O–H groups in total. The molecule has 86 valence electrons. The first-order valence-electron chi connectivity index (χ1n) is 4.69. The maximum Gasteiger partial charge on any atom is 0.314 e. The number of rotatable bonds is 4. The molecule has 0 aromatic heterocycles. The first kappa shape index (κ1) is 12.6. The Morgan fingerprint density at radius 1 is 1.50 bits per heavy atom. The zero-order valence-electron chi connectivity index (χ0n) is 8.54. The Labute approximate surface area is 96.8 Å². The summed E-state index contributed by atoms with van der Waals surface area (Å²) in [5.41, 5.74) is 0.112. The Balaban J connectivity index is 3.04. The van der Waals surface area contributed by atoms with Crippen molar-refractivity contribution < 1.29 is 19.1 Å². The monoisotopic (exact) mass is 244 g/mol. The van der Waals surface area contributed by atoms with Crippen molar-refractivity contribution in [1.29, 1.82) is 0 Å². The molecule has 0 bridgehead atoms. The minimum Gasteiger partial charge on any atom is -0.481 e. The van der Waals surface area contributed by atoms with Gasteiger partial charge in [0.2, 0.25) is 0 Å². The summed E-state index contributed by atoms with van der Waals surface area (Å²) in [7, 11) is 0. The number of carbonyl (C=O) groups excluding carboxylic acids is 1. The minimum absolute atomic E-state index is 0.112. The summed E-state index contributed by atoms with van der Waals surface area (Å²) in [6.45, 7) is 1.60. The van der Waals surface area contributed by atoms with E-state index in [-0.39, 0.29) is 17.0 Å². The van der Waals surface area contributed by atoms with E-state index in [0.717, 1.165) is 12.1 Å². The van der Waals surface area contributed by atoms with Crippen molar-refractivity contribution in [3.05, 3.63) is 34.6 Å². The van der Waals surface area contributed by atoms with Crippen LogP contribution >= 0.6 is 11.6 Å². The highest BCUT2D eigenvalue weighted by Gasteiger charge is 2.25. The molecule has 0 spiro atoms. The molecule has 1 rings (SSSR count). The van der Waals surface area contributed by atoms with E-state index in [4.69, 9.17) is 16.7 Å². The molecule has 0 saturated carbocycles. The van der Waals surface area contributed by atoms with Crippen LogP contribution in [-0.2, 0) is 4.79 Å². The van der Waals surface area contributed by atoms with E-state index in [9.17, 15) is 14.0 Å². The Morgan fingerprint density at radius 2 is 2.12 bits per heavy atom. The van der Waals surface area contributed by atoms with Crippen LogP contribution in [0.25, 0.3) is 0 Å². The fraction of sp³-hybridized carbons (Fsp3) is 0.273. The Kier molecular flexibility index (Phi) is 4.01. The molecule has 5 heteroatoms. The van der Waals surface area contributed by atoms with E-state index >= 15 is 0 Å². The second-order valence-corrected chi connectivity index (χ2v) is 3.70. The van der Waals surface area contributed by atoms with Gasteiger partial charge in [-0.25, -0.2) is 4.39 Å². The molecule has 0 fully saturated rings. The van der Waals surface area contributed by atoms with Crippen LogP contribution < -0.4 is 0 Å². The second-order valence-electron chi connectivity index (χ2n) is 3.29. The van der Waals surface area contributed by atoms with Gasteiger partial charge < -0.3 is 5.11 Å². The lowest BCUT2D eigenvalue weighted by Gasteiger charge is -2.08. The van der Waals surface area contributed by atoms with Crippen molar-refractivity contribution in [3.8, 4) is 0 Å². The smallest absolute Gasteiger partial charge is 0.314 e. The number of ketones is 1. The predicted octanol–water partition coefficient (Wildman–Crippen LogP) is 2.77. The fourth-order valence-corrected chi connectivity index (χ4v) is 1.50. The van der Waals surface area contributed by atoms with Crippen molar-refractivity contribution >= 4 is 23.4 Å². The molecular formula is C11H10ClFO3. The molecule has 0 aliphatic carbocycles. The summed E-state index contributed by atoms with van der Waals surface area (Å²) < 4.78 is 12.8. The van der Waals surface area contributed by atoms with Crippen molar-refractivity contribution in [3.63, 3.8) is 0 Å². The highest BCUT2D eigenvalue weighted by atomic mass is 35.5. The average Bonchev–Trinajstić information content (AvgIpc) is 2.22. The zero-order chi connectivity index (χ0) is 12.3. The number of halogens is 2. The Morgan fingerprint density at radius 3 is 2.56 bits per heavy atom. The predicted molar refractivity (Wildman–Crippen MR) is 57.2 cm³/mol. The second kappa shape index (κ2) is 5.07. The SMILES string of the molecule is CCC(C(=O)O)C(=O)c1ccc(F)c(Cl)c1. The quantitative estimate of drug-likeness (QED) is 0.655. The molecule has 1 aromatic rings. The molecule has 16 heavy (non-hydrogen) atoms. The minimum atomic E-state index is -1.19. The zero-order valence-corrected chi connectivity index (χ0v) is 9.29. The number of carboxylic acid groups (broad SMARTS) is 1. The largest absolute Gasteiger partial charge is 0.481 e. The number of carbonyl (C=O) groups is 2. The van der Waals surface area contributed by atoms with Crippen LogP contribution in [0, 0.1) is 11.7 Å². The summed E-state index contributed by atoms with van der Waals surface area (Å²) in [4.78, 5) is 22.5. The van der Waals surface area contributed by atoms with Crippen molar-refractivity contribution in [2.75, 3.05) is 0 Å². The molecule has 1 aromatic carbocycles. The number of benzene rings is 1. The van der Waals surface area contributed by atoms with Gasteiger partial charge in [0, 0.05) is 5.56 Å². The third kappa shape index (κ3) is 2.58. The average molecular weight is 245 g/mol. The number of Topliss-reactive ketones (excluding diaryl/α,β-unsaturated/α-hetero) is 1. The number of carboxylic acids is 1. The highest BCUT2D eigenvalue weighted by Crippen LogP contribution is 2.19. The van der Waals surface area contributed by atoms with Crippen LogP contribution in [0.2, 0.25) is 5.02 Å². The summed E-state index contributed by atoms with van der Waals surface area (Å²) in [5, 5.41) is 8.61. The molecule has 0 radical (unpaired) electrons. The maximum atomic E-state index is 12.8. The van der Waals surface area contributed by atoms with Crippen molar-refractivity contribution in [2.24, 2.45) is 5.92 Å². The molecular weight excluding hydrogens is 235 g/mol. The maximum absolute atomic E-state index is 12.8. The van der Waals surface area contributed by atoms with E-state index in [1.165, 1.54) is 6.07 Å². The van der Waals surface area contributed by atoms with Crippen molar-refractivity contribution in [1.82, 2.24) is 0 Å². The molecule has 1 unspecified atom stereocenters. The first-order valence-corrected chi connectivity index (χ1v) is 5.07. The first-order chi connectivity index (χ1) is 7.47. The van der Waals surface area contributed by atoms with Gasteiger partial charge in [0.15, 0.2) is 5.78 Å². The van der Waals surface area contributed by atoms with Crippen LogP contribution in [0.1, 0.15) is 23.7 Å². The standard InChI is InChI=1S/C11H10ClFO3/c1-2-7(11(15)16)10(14)6-3-4-9(13)8(12)5-6/h3-5,7H,2H2,1H3,(H,15,16). The van der Waals surface area contributed by atoms with Gasteiger partial charge in [-0.15, -0.1) is 0 Å². The van der Waals surface area contributed by atoms with Crippen molar-refractivity contribution in [2.45, 2.75) is 13.3 Å². The normalized spacial score (nSPS) is 12.2. The van der Waals surface area contributed by atoms with Crippen LogP contribution in [0.15, 0.2) is 18.2 Å². The van der Waals surface area contributed by atoms with Gasteiger partial charge in [0.05, 0.1) is 5.02 Å². The summed E-state index contributed by atoms with van der Waals surface area (Å²) >= 11 is 5.51. The molecule has 0 heterocycles. The molecule has 3 nitrogen and oxygen atoms in total. The molecule has 0 aliphatic rings. The fourth-order valence-electron chi connectivity index (χ4n) is 1.32. The molecule has 0 saturated heterocycles. The van der Waals surface area contributed by atoms with E-state index in [0.29, 0.717) is 0 Å². The van der Waals surface area contributed by atoms with Crippen LogP contribution in [0.3, 0.4) is 0 Å². The summed E-state index contributed by atoms with van der Waals surface area (Å²) in [6.07, 6.45) is 0.184. The highest BCUT2D eigenvalue weighted by molar-refractivity contribution is 6.31. The lowest BCUT2D eigenvalue weighted by Crippen LogP contribution is -2.23. The molecule has 0 aliphatic heterocycles. The van der Waals surface area contributed by atoms with Gasteiger partial charge in [-0.1, -0.05) is 18.5 Å². The topological polar surface area (TPSA) is 54.4 Å². The van der Waals surface area contributed by atoms with Crippen LogP contribution in [-0.4, -0.2) is 16.9 Å². The summed E-state index contributed by atoms with van der Waals surface area (Å²) in [5.74, 6) is -3.49. The van der Waals surface area contributed by atoms with Gasteiger partial charge >= 0.3 is 5.97 Å². The van der Waals surface area contributed by atoms with E-state index in [1.54, 1.807) is 6.92 Å². The Hall–Kier alpha value is -1.42.